The van der Waals surface area contributed by atoms with Crippen LogP contribution in [0, 0.1) is 5.82 Å². The van der Waals surface area contributed by atoms with Gasteiger partial charge in [0.2, 0.25) is 0 Å². The number of nitrogens with zero attached hydrogens (tertiary/aromatic N) is 1. The summed E-state index contributed by atoms with van der Waals surface area (Å²) in [6.45, 7) is 0. The van der Waals surface area contributed by atoms with Crippen LogP contribution in [0.3, 0.4) is 0 Å². The van der Waals surface area contributed by atoms with Crippen molar-refractivity contribution in [3.63, 3.8) is 0 Å². The number of carbonyl (C=O) groups excluding carboxylic acids is 1. The van der Waals surface area contributed by atoms with E-state index in [-0.39, 0.29) is 11.4 Å². The quantitative estimate of drug-likeness (QED) is 0.868. The summed E-state index contributed by atoms with van der Waals surface area (Å²) in [7, 11) is 1.27. The highest BCUT2D eigenvalue weighted by Gasteiger charge is 2.48. The first kappa shape index (κ1) is 12.6. The maximum absolute atomic E-state index is 14.3. The molecule has 6 heteroatoms. The molecule has 0 spiro atoms. The number of carbonyl (C=O) groups is 1. The number of benzene rings is 1. The lowest BCUT2D eigenvalue weighted by Crippen LogP contribution is -2.36. The smallest absolute Gasteiger partial charge is 0.265 e. The molecule has 1 atom stereocenters. The molecule has 5 nitrogen and oxygen atoms in total. The zero-order valence-corrected chi connectivity index (χ0v) is 10.6. The highest BCUT2D eigenvalue weighted by atomic mass is 19.1. The topological polar surface area (TPSA) is 71.5 Å². The molecule has 2 heterocycles. The van der Waals surface area contributed by atoms with E-state index in [2.05, 4.69) is 10.3 Å². The average Bonchev–Trinajstić information content (AvgIpc) is 2.72. The van der Waals surface area contributed by atoms with Gasteiger partial charge in [-0.2, -0.15) is 0 Å². The van der Waals surface area contributed by atoms with Crippen LogP contribution < -0.4 is 10.1 Å². The van der Waals surface area contributed by atoms with Crippen molar-refractivity contribution in [2.24, 2.45) is 0 Å². The summed E-state index contributed by atoms with van der Waals surface area (Å²) in [6.07, 6.45) is 1.28. The maximum atomic E-state index is 14.3. The standard InChI is InChI=1S/C14H11FN2O3/c1-20-12-11(15)9(6-7-16-12)14(19)8-4-2-3-5-10(8)17-13(14)18/h2-7,19H,1H3,(H,17,18). The molecule has 102 valence electrons. The molecule has 0 bridgehead atoms. The van der Waals surface area contributed by atoms with Crippen LogP contribution in [0.25, 0.3) is 0 Å². The minimum atomic E-state index is -2.09. The molecule has 1 aliphatic heterocycles. The Morgan fingerprint density at radius 3 is 2.80 bits per heavy atom. The van der Waals surface area contributed by atoms with Gasteiger partial charge in [-0.25, -0.2) is 9.37 Å². The number of nitrogens with one attached hydrogen (secondary N) is 1. The van der Waals surface area contributed by atoms with Gasteiger partial charge in [0.05, 0.1) is 7.11 Å². The summed E-state index contributed by atoms with van der Waals surface area (Å²) in [6, 6.07) is 7.86. The summed E-state index contributed by atoms with van der Waals surface area (Å²) in [5.41, 5.74) is -1.52. The van der Waals surface area contributed by atoms with E-state index >= 15 is 0 Å². The van der Waals surface area contributed by atoms with E-state index < -0.39 is 17.3 Å². The fourth-order valence-corrected chi connectivity index (χ4v) is 2.36. The summed E-state index contributed by atoms with van der Waals surface area (Å²) < 4.78 is 19.1. The number of aromatic nitrogens is 1. The fourth-order valence-electron chi connectivity index (χ4n) is 2.36. The van der Waals surface area contributed by atoms with E-state index in [0.717, 1.165) is 0 Å². The number of fused-ring (bicyclic) bond motifs is 1. The number of methoxy groups -OCH3 is 1. The van der Waals surface area contributed by atoms with Crippen LogP contribution in [-0.2, 0) is 10.4 Å². The van der Waals surface area contributed by atoms with Crippen LogP contribution >= 0.6 is 0 Å². The Labute approximate surface area is 114 Å². The highest BCUT2D eigenvalue weighted by Crippen LogP contribution is 2.42. The van der Waals surface area contributed by atoms with Crippen LogP contribution in [0.2, 0.25) is 0 Å². The zero-order chi connectivity index (χ0) is 14.3. The number of ether oxygens (including phenoxy) is 1. The predicted octanol–water partition coefficient (Wildman–Crippen LogP) is 1.42. The summed E-state index contributed by atoms with van der Waals surface area (Å²) in [4.78, 5) is 15.8. The van der Waals surface area contributed by atoms with Gasteiger partial charge in [-0.3, -0.25) is 4.79 Å². The van der Waals surface area contributed by atoms with Crippen molar-refractivity contribution in [2.45, 2.75) is 5.60 Å². The van der Waals surface area contributed by atoms with Crippen molar-refractivity contribution in [1.29, 1.82) is 0 Å². The number of halogens is 1. The van der Waals surface area contributed by atoms with Gasteiger partial charge in [0, 0.05) is 23.0 Å². The molecule has 0 aliphatic carbocycles. The van der Waals surface area contributed by atoms with E-state index in [0.29, 0.717) is 11.3 Å². The number of pyridine rings is 1. The molecule has 1 unspecified atom stereocenters. The monoisotopic (exact) mass is 274 g/mol. The first-order valence-electron chi connectivity index (χ1n) is 5.91. The summed E-state index contributed by atoms with van der Waals surface area (Å²) in [5.74, 6) is -1.83. The number of hydrogen-bond acceptors (Lipinski definition) is 4. The molecule has 3 rings (SSSR count). The molecule has 0 saturated heterocycles. The van der Waals surface area contributed by atoms with Crippen molar-refractivity contribution in [2.75, 3.05) is 12.4 Å². The normalized spacial score (nSPS) is 20.4. The Kier molecular flexibility index (Phi) is 2.69. The number of aliphatic hydroxyl groups is 1. The molecule has 1 aromatic carbocycles. The number of para-hydroxylation sites is 1. The largest absolute Gasteiger partial charge is 0.479 e. The fraction of sp³-hybridized carbons (Fsp3) is 0.143. The number of hydrogen-bond donors (Lipinski definition) is 2. The second-order valence-corrected chi connectivity index (χ2v) is 4.39. The Morgan fingerprint density at radius 2 is 2.05 bits per heavy atom. The molecule has 1 aliphatic rings. The van der Waals surface area contributed by atoms with Gasteiger partial charge in [0.1, 0.15) is 0 Å². The highest BCUT2D eigenvalue weighted by molar-refractivity contribution is 6.07. The minimum Gasteiger partial charge on any atom is -0.479 e. The number of anilines is 1. The first-order valence-corrected chi connectivity index (χ1v) is 5.91. The molecule has 20 heavy (non-hydrogen) atoms. The van der Waals surface area contributed by atoms with Crippen molar-refractivity contribution in [1.82, 2.24) is 4.98 Å². The van der Waals surface area contributed by atoms with Gasteiger partial charge in [0.25, 0.3) is 11.8 Å². The number of rotatable bonds is 2. The second kappa shape index (κ2) is 4.28. The van der Waals surface area contributed by atoms with Gasteiger partial charge in [-0.1, -0.05) is 18.2 Å². The SMILES string of the molecule is COc1nccc(C2(O)C(=O)Nc3ccccc32)c1F. The Morgan fingerprint density at radius 1 is 1.30 bits per heavy atom. The molecule has 0 radical (unpaired) electrons. The van der Waals surface area contributed by atoms with E-state index in [1.807, 2.05) is 0 Å². The molecule has 0 saturated carbocycles. The molecule has 1 amide bonds. The molecule has 0 fully saturated rings. The van der Waals surface area contributed by atoms with Crippen molar-refractivity contribution < 1.29 is 19.0 Å². The van der Waals surface area contributed by atoms with Crippen molar-refractivity contribution in [3.05, 3.63) is 53.5 Å². The average molecular weight is 274 g/mol. The molecule has 2 aromatic rings. The van der Waals surface area contributed by atoms with Gasteiger partial charge < -0.3 is 15.2 Å². The van der Waals surface area contributed by atoms with Crippen LogP contribution in [0.1, 0.15) is 11.1 Å². The van der Waals surface area contributed by atoms with Crippen molar-refractivity contribution >= 4 is 11.6 Å². The lowest BCUT2D eigenvalue weighted by atomic mass is 9.88. The van der Waals surface area contributed by atoms with Crippen LogP contribution in [0.5, 0.6) is 5.88 Å². The Bertz CT molecular complexity index is 705. The van der Waals surface area contributed by atoms with Crippen LogP contribution in [0.4, 0.5) is 10.1 Å². The zero-order valence-electron chi connectivity index (χ0n) is 10.6. The lowest BCUT2D eigenvalue weighted by molar-refractivity contribution is -0.129. The lowest BCUT2D eigenvalue weighted by Gasteiger charge is -2.22. The van der Waals surface area contributed by atoms with Gasteiger partial charge in [-0.05, 0) is 12.1 Å². The Balaban J connectivity index is 2.26. The molecule has 2 N–H and O–H groups in total. The minimum absolute atomic E-state index is 0.188. The third-order valence-corrected chi connectivity index (χ3v) is 3.33. The van der Waals surface area contributed by atoms with E-state index in [1.165, 1.54) is 19.4 Å². The third kappa shape index (κ3) is 1.51. The van der Waals surface area contributed by atoms with E-state index in [1.54, 1.807) is 24.3 Å². The summed E-state index contributed by atoms with van der Waals surface area (Å²) >= 11 is 0. The summed E-state index contributed by atoms with van der Waals surface area (Å²) in [5, 5.41) is 13.3. The van der Waals surface area contributed by atoms with Crippen LogP contribution in [-0.4, -0.2) is 23.1 Å². The van der Waals surface area contributed by atoms with Gasteiger partial charge in [-0.15, -0.1) is 0 Å². The van der Waals surface area contributed by atoms with E-state index in [9.17, 15) is 14.3 Å². The number of amides is 1. The first-order chi connectivity index (χ1) is 9.59. The second-order valence-electron chi connectivity index (χ2n) is 4.39. The molecule has 1 aromatic heterocycles. The Hall–Kier alpha value is -2.47. The maximum Gasteiger partial charge on any atom is 0.265 e. The third-order valence-electron chi connectivity index (χ3n) is 3.33. The van der Waals surface area contributed by atoms with Crippen molar-refractivity contribution in [3.8, 4) is 5.88 Å². The van der Waals surface area contributed by atoms with Gasteiger partial charge in [0.15, 0.2) is 11.4 Å². The van der Waals surface area contributed by atoms with Crippen LogP contribution in [0.15, 0.2) is 36.5 Å². The molecular formula is C14H11FN2O3. The van der Waals surface area contributed by atoms with Gasteiger partial charge >= 0.3 is 0 Å². The van der Waals surface area contributed by atoms with E-state index in [4.69, 9.17) is 4.74 Å². The predicted molar refractivity (Wildman–Crippen MR) is 68.8 cm³/mol. The molecular weight excluding hydrogens is 263 g/mol.